The summed E-state index contributed by atoms with van der Waals surface area (Å²) in [7, 11) is 0. The van der Waals surface area contributed by atoms with E-state index in [-0.39, 0.29) is 13.0 Å². The zero-order chi connectivity index (χ0) is 18.1. The number of nitrogens with one attached hydrogen (secondary N) is 1. The van der Waals surface area contributed by atoms with Crippen LogP contribution in [-0.4, -0.2) is 36.2 Å². The fourth-order valence-corrected chi connectivity index (χ4v) is 2.23. The third kappa shape index (κ3) is 6.18. The van der Waals surface area contributed by atoms with Crippen LogP contribution in [0.1, 0.15) is 12.5 Å². The van der Waals surface area contributed by atoms with Crippen molar-refractivity contribution >= 4 is 11.9 Å². The molecule has 0 saturated carbocycles. The van der Waals surface area contributed by atoms with Gasteiger partial charge in [0.2, 0.25) is 0 Å². The minimum Gasteiger partial charge on any atom is -0.494 e. The molecular weight excluding hydrogens is 322 g/mol. The molecule has 0 aliphatic heterocycles. The van der Waals surface area contributed by atoms with Crippen LogP contribution in [0.4, 0.5) is 0 Å². The van der Waals surface area contributed by atoms with Crippen molar-refractivity contribution in [2.45, 2.75) is 19.4 Å². The molecule has 2 aromatic rings. The molecule has 0 saturated heterocycles. The van der Waals surface area contributed by atoms with E-state index in [2.05, 4.69) is 5.32 Å². The van der Waals surface area contributed by atoms with Gasteiger partial charge in [-0.3, -0.25) is 4.79 Å². The van der Waals surface area contributed by atoms with Crippen LogP contribution in [0, 0.1) is 0 Å². The summed E-state index contributed by atoms with van der Waals surface area (Å²) >= 11 is 0. The number of benzene rings is 2. The molecular formula is C19H21NO5. The lowest BCUT2D eigenvalue weighted by Crippen LogP contribution is -2.44. The molecule has 0 aliphatic carbocycles. The summed E-state index contributed by atoms with van der Waals surface area (Å²) in [5.41, 5.74) is 0.836. The molecule has 0 spiro atoms. The number of amides is 1. The molecule has 6 heteroatoms. The van der Waals surface area contributed by atoms with Crippen LogP contribution < -0.4 is 14.8 Å². The van der Waals surface area contributed by atoms with Gasteiger partial charge >= 0.3 is 5.97 Å². The Bertz CT molecular complexity index is 685. The third-order valence-corrected chi connectivity index (χ3v) is 3.42. The second-order valence-corrected chi connectivity index (χ2v) is 5.34. The highest BCUT2D eigenvalue weighted by molar-refractivity contribution is 5.84. The van der Waals surface area contributed by atoms with Gasteiger partial charge in [0.05, 0.1) is 6.61 Å². The third-order valence-electron chi connectivity index (χ3n) is 3.42. The number of carbonyl (C=O) groups is 2. The Labute approximate surface area is 146 Å². The van der Waals surface area contributed by atoms with E-state index in [0.717, 1.165) is 5.56 Å². The van der Waals surface area contributed by atoms with Gasteiger partial charge in [-0.15, -0.1) is 0 Å². The van der Waals surface area contributed by atoms with E-state index >= 15 is 0 Å². The van der Waals surface area contributed by atoms with Crippen LogP contribution in [0.25, 0.3) is 0 Å². The maximum atomic E-state index is 12.0. The maximum Gasteiger partial charge on any atom is 0.326 e. The summed E-state index contributed by atoms with van der Waals surface area (Å²) in [6, 6.07) is 15.0. The molecule has 25 heavy (non-hydrogen) atoms. The normalized spacial score (nSPS) is 11.4. The molecule has 1 amide bonds. The van der Waals surface area contributed by atoms with Crippen molar-refractivity contribution in [3.05, 3.63) is 60.2 Å². The SMILES string of the molecule is CCOc1ccc(OCC(=O)N[C@@H](Cc2ccccc2)C(=O)O)cc1. The molecule has 0 aromatic heterocycles. The van der Waals surface area contributed by atoms with E-state index in [9.17, 15) is 14.7 Å². The van der Waals surface area contributed by atoms with Gasteiger partial charge < -0.3 is 19.9 Å². The second-order valence-electron chi connectivity index (χ2n) is 5.34. The second kappa shape index (κ2) is 9.32. The van der Waals surface area contributed by atoms with E-state index in [1.807, 2.05) is 37.3 Å². The van der Waals surface area contributed by atoms with Crippen LogP contribution in [0.15, 0.2) is 54.6 Å². The Morgan fingerprint density at radius 3 is 2.16 bits per heavy atom. The smallest absolute Gasteiger partial charge is 0.326 e. The van der Waals surface area contributed by atoms with Gasteiger partial charge in [-0.1, -0.05) is 30.3 Å². The van der Waals surface area contributed by atoms with E-state index in [1.54, 1.807) is 24.3 Å². The number of carboxylic acids is 1. The summed E-state index contributed by atoms with van der Waals surface area (Å²) in [5.74, 6) is -0.350. The molecule has 0 bridgehead atoms. The maximum absolute atomic E-state index is 12.0. The summed E-state index contributed by atoms with van der Waals surface area (Å²) in [6.45, 7) is 2.20. The Hall–Kier alpha value is -3.02. The predicted octanol–water partition coefficient (Wildman–Crippen LogP) is 2.28. The first kappa shape index (κ1) is 18.3. The summed E-state index contributed by atoms with van der Waals surface area (Å²) in [4.78, 5) is 23.3. The Kier molecular flexibility index (Phi) is 6.83. The van der Waals surface area contributed by atoms with Gasteiger partial charge in [-0.25, -0.2) is 4.79 Å². The molecule has 132 valence electrons. The van der Waals surface area contributed by atoms with Crippen molar-refractivity contribution in [3.63, 3.8) is 0 Å². The first-order valence-electron chi connectivity index (χ1n) is 8.00. The predicted molar refractivity (Wildman–Crippen MR) is 92.8 cm³/mol. The lowest BCUT2D eigenvalue weighted by molar-refractivity contribution is -0.142. The molecule has 1 atom stereocenters. The topological polar surface area (TPSA) is 84.9 Å². The monoisotopic (exact) mass is 343 g/mol. The quantitative estimate of drug-likeness (QED) is 0.730. The first-order valence-corrected chi connectivity index (χ1v) is 8.00. The molecule has 0 heterocycles. The largest absolute Gasteiger partial charge is 0.494 e. The summed E-state index contributed by atoms with van der Waals surface area (Å²) in [6.07, 6.45) is 0.213. The number of carboxylic acid groups (broad SMARTS) is 1. The highest BCUT2D eigenvalue weighted by atomic mass is 16.5. The van der Waals surface area contributed by atoms with Gasteiger partial charge in [0.25, 0.3) is 5.91 Å². The number of rotatable bonds is 9. The van der Waals surface area contributed by atoms with Gasteiger partial charge in [0.15, 0.2) is 6.61 Å². The highest BCUT2D eigenvalue weighted by Gasteiger charge is 2.20. The molecule has 0 aliphatic rings. The van der Waals surface area contributed by atoms with Gasteiger partial charge in [-0.2, -0.15) is 0 Å². The van der Waals surface area contributed by atoms with Crippen LogP contribution in [-0.2, 0) is 16.0 Å². The van der Waals surface area contributed by atoms with Crippen LogP contribution in [0.5, 0.6) is 11.5 Å². The minimum absolute atomic E-state index is 0.213. The fraction of sp³-hybridized carbons (Fsp3) is 0.263. The standard InChI is InChI=1S/C19H21NO5/c1-2-24-15-8-10-16(11-9-15)25-13-18(21)20-17(19(22)23)12-14-6-4-3-5-7-14/h3-11,17H,2,12-13H2,1H3,(H,20,21)(H,22,23)/t17-/m0/s1. The number of aliphatic carboxylic acids is 1. The first-order chi connectivity index (χ1) is 12.1. The van der Waals surface area contributed by atoms with Gasteiger partial charge in [0.1, 0.15) is 17.5 Å². The molecule has 0 fully saturated rings. The van der Waals surface area contributed by atoms with Gasteiger partial charge in [0, 0.05) is 6.42 Å². The number of hydrogen-bond donors (Lipinski definition) is 2. The van der Waals surface area contributed by atoms with Crippen LogP contribution >= 0.6 is 0 Å². The fourth-order valence-electron chi connectivity index (χ4n) is 2.23. The zero-order valence-electron chi connectivity index (χ0n) is 14.0. The van der Waals surface area contributed by atoms with Crippen LogP contribution in [0.3, 0.4) is 0 Å². The van der Waals surface area contributed by atoms with Crippen molar-refractivity contribution in [1.29, 1.82) is 0 Å². The number of ether oxygens (including phenoxy) is 2. The summed E-state index contributed by atoms with van der Waals surface area (Å²) in [5, 5.41) is 11.8. The van der Waals surface area contributed by atoms with E-state index in [0.29, 0.717) is 18.1 Å². The Morgan fingerprint density at radius 2 is 1.60 bits per heavy atom. The summed E-state index contributed by atoms with van der Waals surface area (Å²) < 4.78 is 10.7. The zero-order valence-corrected chi connectivity index (χ0v) is 14.0. The van der Waals surface area contributed by atoms with E-state index < -0.39 is 17.9 Å². The molecule has 2 aromatic carbocycles. The highest BCUT2D eigenvalue weighted by Crippen LogP contribution is 2.17. The Balaban J connectivity index is 1.85. The molecule has 2 rings (SSSR count). The average molecular weight is 343 g/mol. The van der Waals surface area contributed by atoms with E-state index in [1.165, 1.54) is 0 Å². The Morgan fingerprint density at radius 1 is 1.00 bits per heavy atom. The van der Waals surface area contributed by atoms with Gasteiger partial charge in [-0.05, 0) is 36.8 Å². The minimum atomic E-state index is -1.08. The number of hydrogen-bond acceptors (Lipinski definition) is 4. The van der Waals surface area contributed by atoms with Crippen molar-refractivity contribution in [2.75, 3.05) is 13.2 Å². The lowest BCUT2D eigenvalue weighted by Gasteiger charge is -2.15. The number of carbonyl (C=O) groups excluding carboxylic acids is 1. The van der Waals surface area contributed by atoms with Crippen molar-refractivity contribution in [1.82, 2.24) is 5.32 Å². The van der Waals surface area contributed by atoms with E-state index in [4.69, 9.17) is 9.47 Å². The molecule has 6 nitrogen and oxygen atoms in total. The molecule has 0 radical (unpaired) electrons. The average Bonchev–Trinajstić information content (AvgIpc) is 2.61. The van der Waals surface area contributed by atoms with Crippen molar-refractivity contribution in [2.24, 2.45) is 0 Å². The molecule has 0 unspecified atom stereocenters. The lowest BCUT2D eigenvalue weighted by atomic mass is 10.1. The molecule has 2 N–H and O–H groups in total. The van der Waals surface area contributed by atoms with Crippen molar-refractivity contribution in [3.8, 4) is 11.5 Å². The van der Waals surface area contributed by atoms with Crippen molar-refractivity contribution < 1.29 is 24.2 Å². The van der Waals surface area contributed by atoms with Crippen LogP contribution in [0.2, 0.25) is 0 Å².